The summed E-state index contributed by atoms with van der Waals surface area (Å²) < 4.78 is 0. The standard InChI is InChI=1S/C14H15N5S/c1-8-5-9(2)7-10(6-8)16-12-11-3-4-20-13(11)18-14(17-12)19-15/h3-7H,15H2,1-2H3,(H2,16,17,18,19). The van der Waals surface area contributed by atoms with Crippen LogP contribution < -0.4 is 16.6 Å². The van der Waals surface area contributed by atoms with Gasteiger partial charge in [0.25, 0.3) is 0 Å². The second-order valence-electron chi connectivity index (χ2n) is 4.68. The highest BCUT2D eigenvalue weighted by Gasteiger charge is 2.09. The number of hydrazine groups is 1. The van der Waals surface area contributed by atoms with Crippen molar-refractivity contribution in [2.75, 3.05) is 10.7 Å². The van der Waals surface area contributed by atoms with E-state index in [1.54, 1.807) is 11.3 Å². The number of hydrogen-bond acceptors (Lipinski definition) is 6. The molecule has 2 aromatic heterocycles. The molecule has 0 saturated heterocycles. The minimum atomic E-state index is 0.409. The first-order valence-electron chi connectivity index (χ1n) is 6.23. The van der Waals surface area contributed by atoms with Gasteiger partial charge in [0.15, 0.2) is 0 Å². The van der Waals surface area contributed by atoms with Gasteiger partial charge in [0.05, 0.1) is 5.39 Å². The van der Waals surface area contributed by atoms with E-state index in [9.17, 15) is 0 Å². The first kappa shape index (κ1) is 12.8. The Morgan fingerprint density at radius 1 is 1.10 bits per heavy atom. The van der Waals surface area contributed by atoms with E-state index in [1.165, 1.54) is 11.1 Å². The molecule has 3 rings (SSSR count). The molecule has 0 aliphatic carbocycles. The van der Waals surface area contributed by atoms with Crippen molar-refractivity contribution in [3.63, 3.8) is 0 Å². The predicted molar refractivity (Wildman–Crippen MR) is 84.4 cm³/mol. The molecule has 4 N–H and O–H groups in total. The highest BCUT2D eigenvalue weighted by Crippen LogP contribution is 2.29. The molecule has 102 valence electrons. The van der Waals surface area contributed by atoms with Crippen LogP contribution >= 0.6 is 11.3 Å². The van der Waals surface area contributed by atoms with Gasteiger partial charge in [0.2, 0.25) is 5.95 Å². The van der Waals surface area contributed by atoms with Crippen molar-refractivity contribution in [1.82, 2.24) is 9.97 Å². The molecule has 0 unspecified atom stereocenters. The normalized spacial score (nSPS) is 10.8. The lowest BCUT2D eigenvalue weighted by Crippen LogP contribution is -2.11. The molecule has 0 atom stereocenters. The monoisotopic (exact) mass is 285 g/mol. The van der Waals surface area contributed by atoms with Gasteiger partial charge in [-0.15, -0.1) is 11.3 Å². The number of nitrogen functional groups attached to an aromatic ring is 1. The summed E-state index contributed by atoms with van der Waals surface area (Å²) in [5.41, 5.74) is 5.93. The average Bonchev–Trinajstić information content (AvgIpc) is 2.85. The van der Waals surface area contributed by atoms with Crippen molar-refractivity contribution >= 4 is 39.0 Å². The lowest BCUT2D eigenvalue weighted by atomic mass is 10.1. The number of aryl methyl sites for hydroxylation is 2. The van der Waals surface area contributed by atoms with Crippen molar-refractivity contribution in [3.8, 4) is 0 Å². The van der Waals surface area contributed by atoms with E-state index in [1.807, 2.05) is 11.4 Å². The van der Waals surface area contributed by atoms with Gasteiger partial charge in [0, 0.05) is 5.69 Å². The molecular weight excluding hydrogens is 270 g/mol. The molecule has 6 heteroatoms. The quantitative estimate of drug-likeness (QED) is 0.508. The summed E-state index contributed by atoms with van der Waals surface area (Å²) in [6.45, 7) is 4.15. The predicted octanol–water partition coefficient (Wildman–Crippen LogP) is 3.34. The van der Waals surface area contributed by atoms with Crippen LogP contribution in [0.1, 0.15) is 11.1 Å². The molecule has 2 heterocycles. The Morgan fingerprint density at radius 2 is 1.85 bits per heavy atom. The fourth-order valence-corrected chi connectivity index (χ4v) is 2.96. The number of nitrogens with two attached hydrogens (primary N) is 1. The SMILES string of the molecule is Cc1cc(C)cc(Nc2nc(NN)nc3sccc23)c1. The van der Waals surface area contributed by atoms with Crippen LogP contribution in [0, 0.1) is 13.8 Å². The van der Waals surface area contributed by atoms with Gasteiger partial charge < -0.3 is 5.32 Å². The number of anilines is 3. The van der Waals surface area contributed by atoms with E-state index in [0.717, 1.165) is 21.7 Å². The Kier molecular flexibility index (Phi) is 3.25. The van der Waals surface area contributed by atoms with E-state index in [2.05, 4.69) is 52.8 Å². The van der Waals surface area contributed by atoms with E-state index >= 15 is 0 Å². The summed E-state index contributed by atoms with van der Waals surface area (Å²) in [7, 11) is 0. The zero-order valence-electron chi connectivity index (χ0n) is 11.3. The molecule has 0 saturated carbocycles. The van der Waals surface area contributed by atoms with Crippen LogP contribution in [0.25, 0.3) is 10.2 Å². The first-order chi connectivity index (χ1) is 9.65. The average molecular weight is 285 g/mol. The summed E-state index contributed by atoms with van der Waals surface area (Å²) in [6.07, 6.45) is 0. The van der Waals surface area contributed by atoms with E-state index < -0.39 is 0 Å². The molecule has 1 aromatic carbocycles. The van der Waals surface area contributed by atoms with Crippen LogP contribution in [0.2, 0.25) is 0 Å². The third-order valence-corrected chi connectivity index (χ3v) is 3.75. The zero-order chi connectivity index (χ0) is 14.1. The Bertz CT molecular complexity index is 745. The molecular formula is C14H15N5S. The minimum absolute atomic E-state index is 0.409. The lowest BCUT2D eigenvalue weighted by Gasteiger charge is -2.10. The third-order valence-electron chi connectivity index (χ3n) is 2.94. The van der Waals surface area contributed by atoms with Crippen LogP contribution in [0.15, 0.2) is 29.6 Å². The van der Waals surface area contributed by atoms with Gasteiger partial charge >= 0.3 is 0 Å². The van der Waals surface area contributed by atoms with E-state index in [-0.39, 0.29) is 0 Å². The summed E-state index contributed by atoms with van der Waals surface area (Å²) in [4.78, 5) is 9.62. The number of benzene rings is 1. The fourth-order valence-electron chi connectivity index (χ4n) is 2.20. The van der Waals surface area contributed by atoms with Crippen molar-refractivity contribution in [2.45, 2.75) is 13.8 Å². The molecule has 0 radical (unpaired) electrons. The van der Waals surface area contributed by atoms with Crippen molar-refractivity contribution in [1.29, 1.82) is 0 Å². The molecule has 0 aliphatic heterocycles. The molecule has 5 nitrogen and oxygen atoms in total. The molecule has 0 spiro atoms. The van der Waals surface area contributed by atoms with Gasteiger partial charge in [-0.2, -0.15) is 4.98 Å². The number of nitrogens with zero attached hydrogens (tertiary/aromatic N) is 2. The second-order valence-corrected chi connectivity index (χ2v) is 5.58. The van der Waals surface area contributed by atoms with E-state index in [0.29, 0.717) is 5.95 Å². The highest BCUT2D eigenvalue weighted by atomic mass is 32.1. The summed E-state index contributed by atoms with van der Waals surface area (Å²) in [6, 6.07) is 8.31. The molecule has 0 fully saturated rings. The van der Waals surface area contributed by atoms with Gasteiger partial charge in [-0.25, -0.2) is 10.8 Å². The van der Waals surface area contributed by atoms with Gasteiger partial charge in [-0.3, -0.25) is 5.43 Å². The Labute approximate surface area is 120 Å². The van der Waals surface area contributed by atoms with Crippen LogP contribution in [0.4, 0.5) is 17.5 Å². The maximum Gasteiger partial charge on any atom is 0.240 e. The van der Waals surface area contributed by atoms with Crippen LogP contribution in [0.3, 0.4) is 0 Å². The van der Waals surface area contributed by atoms with Gasteiger partial charge in [-0.1, -0.05) is 6.07 Å². The molecule has 0 aliphatic rings. The van der Waals surface area contributed by atoms with Crippen molar-refractivity contribution in [3.05, 3.63) is 40.8 Å². The highest BCUT2D eigenvalue weighted by molar-refractivity contribution is 7.16. The molecule has 3 aromatic rings. The number of thiophene rings is 1. The summed E-state index contributed by atoms with van der Waals surface area (Å²) in [5.74, 6) is 6.59. The smallest absolute Gasteiger partial charge is 0.240 e. The third kappa shape index (κ3) is 2.43. The first-order valence-corrected chi connectivity index (χ1v) is 7.11. The maximum absolute atomic E-state index is 5.42. The largest absolute Gasteiger partial charge is 0.340 e. The Morgan fingerprint density at radius 3 is 2.55 bits per heavy atom. The maximum atomic E-state index is 5.42. The molecule has 0 bridgehead atoms. The topological polar surface area (TPSA) is 75.9 Å². The number of rotatable bonds is 3. The molecule has 0 amide bonds. The zero-order valence-corrected chi connectivity index (χ0v) is 12.1. The van der Waals surface area contributed by atoms with Crippen LogP contribution in [-0.4, -0.2) is 9.97 Å². The van der Waals surface area contributed by atoms with E-state index in [4.69, 9.17) is 5.84 Å². The van der Waals surface area contributed by atoms with Gasteiger partial charge in [0.1, 0.15) is 10.6 Å². The van der Waals surface area contributed by atoms with Crippen molar-refractivity contribution in [2.24, 2.45) is 5.84 Å². The van der Waals surface area contributed by atoms with Crippen LogP contribution in [-0.2, 0) is 0 Å². The van der Waals surface area contributed by atoms with Crippen LogP contribution in [0.5, 0.6) is 0 Å². The summed E-state index contributed by atoms with van der Waals surface area (Å²) in [5, 5.41) is 6.34. The Hall–Kier alpha value is -2.18. The second kappa shape index (κ2) is 5.07. The minimum Gasteiger partial charge on any atom is -0.340 e. The number of aromatic nitrogens is 2. The number of nitrogens with one attached hydrogen (secondary N) is 2. The number of fused-ring (bicyclic) bond motifs is 1. The number of hydrogen-bond donors (Lipinski definition) is 3. The molecule has 20 heavy (non-hydrogen) atoms. The lowest BCUT2D eigenvalue weighted by molar-refractivity contribution is 1.16. The van der Waals surface area contributed by atoms with Crippen molar-refractivity contribution < 1.29 is 0 Å². The van der Waals surface area contributed by atoms with Gasteiger partial charge in [-0.05, 0) is 48.6 Å². The Balaban J connectivity index is 2.07. The fraction of sp³-hybridized carbons (Fsp3) is 0.143. The summed E-state index contributed by atoms with van der Waals surface area (Å²) >= 11 is 1.56.